The molecule has 5 nitrogen and oxygen atoms in total. The van der Waals surface area contributed by atoms with Gasteiger partial charge < -0.3 is 19.7 Å². The molecule has 0 spiro atoms. The molecule has 6 rings (SSSR count). The Morgan fingerprint density at radius 2 is 1.76 bits per heavy atom. The van der Waals surface area contributed by atoms with Gasteiger partial charge in [0, 0.05) is 47.6 Å². The fourth-order valence-electron chi connectivity index (χ4n) is 5.58. The SMILES string of the molecule is CC1CCN(c2ccc(N3C(=S)N[C@H](c4ccccn4)[C@@H]3c3cccn3-c3cccc(Cl)c3)cc2Cl)CC1. The van der Waals surface area contributed by atoms with Crippen LogP contribution < -0.4 is 15.1 Å². The second kappa shape index (κ2) is 10.6. The van der Waals surface area contributed by atoms with Gasteiger partial charge in [0.25, 0.3) is 0 Å². The summed E-state index contributed by atoms with van der Waals surface area (Å²) >= 11 is 19.2. The van der Waals surface area contributed by atoms with Gasteiger partial charge in [-0.25, -0.2) is 0 Å². The molecule has 2 fully saturated rings. The molecular weight excluding hydrogens is 533 g/mol. The zero-order chi connectivity index (χ0) is 26.2. The Hall–Kier alpha value is -3.06. The molecule has 0 aliphatic carbocycles. The third-order valence-corrected chi connectivity index (χ3v) is 8.45. The van der Waals surface area contributed by atoms with Crippen molar-refractivity contribution in [2.45, 2.75) is 31.8 Å². The number of nitrogens with zero attached hydrogens (tertiary/aromatic N) is 4. The molecule has 0 radical (unpaired) electrons. The molecule has 4 heterocycles. The number of hydrogen-bond acceptors (Lipinski definition) is 3. The maximum Gasteiger partial charge on any atom is 0.174 e. The molecule has 2 saturated heterocycles. The van der Waals surface area contributed by atoms with Crippen LogP contribution in [-0.4, -0.2) is 27.8 Å². The molecule has 194 valence electrons. The summed E-state index contributed by atoms with van der Waals surface area (Å²) in [5.74, 6) is 0.761. The van der Waals surface area contributed by atoms with Crippen LogP contribution in [0, 0.1) is 5.92 Å². The third-order valence-electron chi connectivity index (χ3n) is 7.60. The predicted molar refractivity (Wildman–Crippen MR) is 161 cm³/mol. The Bertz CT molecular complexity index is 1450. The fraction of sp³-hybridized carbons (Fsp3) is 0.267. The van der Waals surface area contributed by atoms with Gasteiger partial charge in [-0.15, -0.1) is 0 Å². The highest BCUT2D eigenvalue weighted by atomic mass is 35.5. The number of pyridine rings is 1. The van der Waals surface area contributed by atoms with Gasteiger partial charge in [-0.2, -0.15) is 0 Å². The van der Waals surface area contributed by atoms with Gasteiger partial charge in [0.05, 0.1) is 22.4 Å². The molecular formula is C30H29Cl2N5S. The molecule has 2 aromatic carbocycles. The third kappa shape index (κ3) is 4.77. The average molecular weight is 563 g/mol. The summed E-state index contributed by atoms with van der Waals surface area (Å²) in [7, 11) is 0. The topological polar surface area (TPSA) is 36.3 Å². The summed E-state index contributed by atoms with van der Waals surface area (Å²) in [6.45, 7) is 4.38. The molecule has 38 heavy (non-hydrogen) atoms. The number of halogens is 2. The molecule has 0 unspecified atom stereocenters. The molecule has 2 aliphatic heterocycles. The quantitative estimate of drug-likeness (QED) is 0.254. The van der Waals surface area contributed by atoms with Crippen LogP contribution in [0.25, 0.3) is 5.69 Å². The highest BCUT2D eigenvalue weighted by molar-refractivity contribution is 7.80. The Kier molecular flexibility index (Phi) is 7.04. The molecule has 2 atom stereocenters. The lowest BCUT2D eigenvalue weighted by molar-refractivity contribution is 0.438. The van der Waals surface area contributed by atoms with Crippen LogP contribution in [0.15, 0.2) is 85.2 Å². The van der Waals surface area contributed by atoms with Crippen molar-refractivity contribution >= 4 is 51.9 Å². The highest BCUT2D eigenvalue weighted by Crippen LogP contribution is 2.44. The summed E-state index contributed by atoms with van der Waals surface area (Å²) in [5.41, 5.74) is 5.01. The number of aromatic nitrogens is 2. The van der Waals surface area contributed by atoms with Crippen molar-refractivity contribution in [1.29, 1.82) is 0 Å². The summed E-state index contributed by atoms with van der Waals surface area (Å²) in [4.78, 5) is 9.25. The molecule has 2 aliphatic rings. The lowest BCUT2D eigenvalue weighted by Crippen LogP contribution is -2.33. The smallest absolute Gasteiger partial charge is 0.174 e. The number of piperidine rings is 1. The number of nitrogens with one attached hydrogen (secondary N) is 1. The minimum atomic E-state index is -0.163. The highest BCUT2D eigenvalue weighted by Gasteiger charge is 2.42. The van der Waals surface area contributed by atoms with E-state index < -0.39 is 0 Å². The molecule has 1 N–H and O–H groups in total. The summed E-state index contributed by atoms with van der Waals surface area (Å²) in [5, 5.41) is 5.62. The van der Waals surface area contributed by atoms with Crippen LogP contribution >= 0.6 is 35.4 Å². The van der Waals surface area contributed by atoms with Crippen LogP contribution in [0.4, 0.5) is 11.4 Å². The Labute approximate surface area is 239 Å². The largest absolute Gasteiger partial charge is 0.370 e. The van der Waals surface area contributed by atoms with E-state index in [0.717, 1.165) is 52.5 Å². The number of hydrogen-bond donors (Lipinski definition) is 1. The van der Waals surface area contributed by atoms with Gasteiger partial charge in [0.2, 0.25) is 0 Å². The second-order valence-electron chi connectivity index (χ2n) is 10.1. The lowest BCUT2D eigenvalue weighted by atomic mass is 9.98. The van der Waals surface area contributed by atoms with Crippen molar-refractivity contribution in [3.8, 4) is 5.69 Å². The van der Waals surface area contributed by atoms with E-state index in [0.29, 0.717) is 10.1 Å². The van der Waals surface area contributed by atoms with Crippen LogP contribution in [0.2, 0.25) is 10.0 Å². The van der Waals surface area contributed by atoms with Gasteiger partial charge in [-0.3, -0.25) is 4.98 Å². The normalized spacial score (nSPS) is 20.1. The number of rotatable bonds is 5. The van der Waals surface area contributed by atoms with Crippen molar-refractivity contribution in [2.75, 3.05) is 22.9 Å². The molecule has 8 heteroatoms. The van der Waals surface area contributed by atoms with Gasteiger partial charge in [-0.05, 0) is 91.6 Å². The molecule has 2 aromatic heterocycles. The monoisotopic (exact) mass is 561 g/mol. The van der Waals surface area contributed by atoms with Crippen molar-refractivity contribution in [2.24, 2.45) is 5.92 Å². The minimum absolute atomic E-state index is 0.154. The van der Waals surface area contributed by atoms with Crippen molar-refractivity contribution < 1.29 is 0 Å². The van der Waals surface area contributed by atoms with E-state index in [1.165, 1.54) is 12.8 Å². The van der Waals surface area contributed by atoms with Crippen LogP contribution in [0.1, 0.15) is 43.2 Å². The van der Waals surface area contributed by atoms with Crippen LogP contribution in [0.5, 0.6) is 0 Å². The second-order valence-corrected chi connectivity index (χ2v) is 11.3. The molecule has 0 bridgehead atoms. The first-order chi connectivity index (χ1) is 18.5. The number of anilines is 2. The van der Waals surface area contributed by atoms with E-state index in [9.17, 15) is 0 Å². The van der Waals surface area contributed by atoms with Gasteiger partial charge in [0.15, 0.2) is 5.11 Å². The van der Waals surface area contributed by atoms with Gasteiger partial charge >= 0.3 is 0 Å². The lowest BCUT2D eigenvalue weighted by Gasteiger charge is -2.33. The first kappa shape index (κ1) is 25.2. The van der Waals surface area contributed by atoms with Gasteiger partial charge in [-0.1, -0.05) is 42.3 Å². The van der Waals surface area contributed by atoms with E-state index >= 15 is 0 Å². The molecule has 0 saturated carbocycles. The van der Waals surface area contributed by atoms with E-state index in [4.69, 9.17) is 35.4 Å². The zero-order valence-electron chi connectivity index (χ0n) is 21.1. The van der Waals surface area contributed by atoms with Crippen molar-refractivity contribution in [1.82, 2.24) is 14.9 Å². The predicted octanol–water partition coefficient (Wildman–Crippen LogP) is 7.59. The van der Waals surface area contributed by atoms with Crippen LogP contribution in [0.3, 0.4) is 0 Å². The number of benzene rings is 2. The Balaban J connectivity index is 1.42. The fourth-order valence-corrected chi connectivity index (χ4v) is 6.41. The van der Waals surface area contributed by atoms with E-state index in [2.05, 4.69) is 68.1 Å². The van der Waals surface area contributed by atoms with E-state index in [1.807, 2.05) is 48.7 Å². The zero-order valence-corrected chi connectivity index (χ0v) is 23.4. The summed E-state index contributed by atoms with van der Waals surface area (Å²) in [6, 6.07) is 24.0. The Morgan fingerprint density at radius 3 is 2.50 bits per heavy atom. The van der Waals surface area contributed by atoms with E-state index in [-0.39, 0.29) is 12.1 Å². The maximum atomic E-state index is 6.93. The minimum Gasteiger partial charge on any atom is -0.370 e. The summed E-state index contributed by atoms with van der Waals surface area (Å²) in [6.07, 6.45) is 6.25. The van der Waals surface area contributed by atoms with Crippen LogP contribution in [-0.2, 0) is 0 Å². The Morgan fingerprint density at radius 1 is 0.921 bits per heavy atom. The first-order valence-electron chi connectivity index (χ1n) is 13.0. The first-order valence-corrected chi connectivity index (χ1v) is 14.1. The average Bonchev–Trinajstić information content (AvgIpc) is 3.54. The standard InChI is InChI=1S/C30H29Cl2N5S/c1-20-12-16-35(17-13-20)26-11-10-23(19-24(26)32)37-29(28(34-30(37)38)25-8-2-3-14-33-25)27-9-5-15-36(27)22-7-4-6-21(31)18-22/h2-11,14-15,18-20,28-29H,12-13,16-17H2,1H3,(H,34,38)/t28-,29+/m1/s1. The van der Waals surface area contributed by atoms with Gasteiger partial charge in [0.1, 0.15) is 6.04 Å². The van der Waals surface area contributed by atoms with Crippen molar-refractivity contribution in [3.63, 3.8) is 0 Å². The maximum absolute atomic E-state index is 6.93. The van der Waals surface area contributed by atoms with E-state index in [1.54, 1.807) is 0 Å². The molecule has 4 aromatic rings. The number of thiocarbonyl (C=S) groups is 1. The molecule has 0 amide bonds. The summed E-state index contributed by atoms with van der Waals surface area (Å²) < 4.78 is 2.17. The van der Waals surface area contributed by atoms with Crippen molar-refractivity contribution in [3.05, 3.63) is 107 Å².